The monoisotopic (exact) mass is 268 g/mol. The third-order valence-corrected chi connectivity index (χ3v) is 3.19. The van der Waals surface area contributed by atoms with Crippen LogP contribution in [0.5, 0.6) is 0 Å². The molecule has 0 radical (unpaired) electrons. The van der Waals surface area contributed by atoms with Gasteiger partial charge in [-0.2, -0.15) is 0 Å². The lowest BCUT2D eigenvalue weighted by Crippen LogP contribution is -2.03. The molecule has 0 spiro atoms. The average molecular weight is 268 g/mol. The fraction of sp³-hybridized carbons (Fsp3) is 0.824. The van der Waals surface area contributed by atoms with E-state index in [4.69, 9.17) is 4.74 Å². The summed E-state index contributed by atoms with van der Waals surface area (Å²) < 4.78 is 5.07. The van der Waals surface area contributed by atoms with Crippen molar-refractivity contribution in [2.24, 2.45) is 0 Å². The van der Waals surface area contributed by atoms with Gasteiger partial charge in [-0.05, 0) is 19.3 Å². The lowest BCUT2D eigenvalue weighted by atomic mass is 10.1. The fourth-order valence-electron chi connectivity index (χ4n) is 1.91. The van der Waals surface area contributed by atoms with Gasteiger partial charge in [0.25, 0.3) is 0 Å². The Labute approximate surface area is 119 Å². The Balaban J connectivity index is 3.22. The number of esters is 1. The number of unbranched alkanes of at least 4 members (excludes halogenated alkanes) is 8. The Bertz CT molecular complexity index is 221. The van der Waals surface area contributed by atoms with Crippen LogP contribution in [0.4, 0.5) is 0 Å². The predicted octanol–water partition coefficient (Wildman–Crippen LogP) is 5.42. The van der Waals surface area contributed by atoms with Crippen LogP contribution in [0.15, 0.2) is 12.2 Å². The van der Waals surface area contributed by atoms with Crippen molar-refractivity contribution in [2.75, 3.05) is 6.61 Å². The number of hydrogen-bond acceptors (Lipinski definition) is 2. The Morgan fingerprint density at radius 2 is 1.47 bits per heavy atom. The largest absolute Gasteiger partial charge is 0.465 e. The first kappa shape index (κ1) is 18.2. The summed E-state index contributed by atoms with van der Waals surface area (Å²) >= 11 is 0. The van der Waals surface area contributed by atoms with Gasteiger partial charge in [0, 0.05) is 0 Å². The number of allylic oxidation sites excluding steroid dienone is 1. The minimum absolute atomic E-state index is 0.0933. The van der Waals surface area contributed by atoms with Crippen LogP contribution in [-0.2, 0) is 9.53 Å². The summed E-state index contributed by atoms with van der Waals surface area (Å²) in [5.41, 5.74) is 0. The van der Waals surface area contributed by atoms with Crippen molar-refractivity contribution >= 4 is 5.97 Å². The molecule has 0 aromatic carbocycles. The summed E-state index contributed by atoms with van der Waals surface area (Å²) in [6.45, 7) is 4.91. The second-order valence-electron chi connectivity index (χ2n) is 5.16. The van der Waals surface area contributed by atoms with Gasteiger partial charge in [-0.1, -0.05) is 70.9 Å². The Kier molecular flexibility index (Phi) is 14.6. The number of carbonyl (C=O) groups is 1. The zero-order valence-electron chi connectivity index (χ0n) is 13.0. The van der Waals surface area contributed by atoms with E-state index in [-0.39, 0.29) is 5.97 Å². The lowest BCUT2D eigenvalue weighted by molar-refractivity contribution is -0.142. The van der Waals surface area contributed by atoms with Gasteiger partial charge < -0.3 is 4.74 Å². The van der Waals surface area contributed by atoms with Crippen LogP contribution < -0.4 is 0 Å². The molecule has 0 amide bonds. The van der Waals surface area contributed by atoms with Crippen LogP contribution in [-0.4, -0.2) is 12.6 Å². The van der Waals surface area contributed by atoms with Gasteiger partial charge in [-0.3, -0.25) is 4.79 Å². The summed E-state index contributed by atoms with van der Waals surface area (Å²) in [4.78, 5) is 11.3. The molecule has 0 rings (SSSR count). The zero-order valence-corrected chi connectivity index (χ0v) is 13.0. The molecule has 0 aliphatic rings. The summed E-state index contributed by atoms with van der Waals surface area (Å²) in [6.07, 6.45) is 17.0. The topological polar surface area (TPSA) is 26.3 Å². The van der Waals surface area contributed by atoms with Gasteiger partial charge in [0.05, 0.1) is 13.0 Å². The van der Waals surface area contributed by atoms with Gasteiger partial charge in [0.15, 0.2) is 0 Å². The van der Waals surface area contributed by atoms with E-state index in [2.05, 4.69) is 19.9 Å². The number of ether oxygens (including phenoxy) is 1. The molecule has 2 heteroatoms. The van der Waals surface area contributed by atoms with E-state index in [9.17, 15) is 4.79 Å². The molecule has 0 aromatic rings. The molecule has 0 unspecified atom stereocenters. The lowest BCUT2D eigenvalue weighted by Gasteiger charge is -2.01. The molecular formula is C17H32O2. The van der Waals surface area contributed by atoms with Crippen LogP contribution >= 0.6 is 0 Å². The first-order chi connectivity index (χ1) is 9.31. The highest BCUT2D eigenvalue weighted by Gasteiger charge is 1.97. The van der Waals surface area contributed by atoms with Crippen LogP contribution in [0.25, 0.3) is 0 Å². The van der Waals surface area contributed by atoms with E-state index < -0.39 is 0 Å². The van der Waals surface area contributed by atoms with Crippen LogP contribution in [0.3, 0.4) is 0 Å². The van der Waals surface area contributed by atoms with Crippen LogP contribution in [0.2, 0.25) is 0 Å². The van der Waals surface area contributed by atoms with E-state index in [0.717, 1.165) is 19.3 Å². The minimum Gasteiger partial charge on any atom is -0.465 e. The van der Waals surface area contributed by atoms with Gasteiger partial charge in [0.1, 0.15) is 0 Å². The highest BCUT2D eigenvalue weighted by atomic mass is 16.5. The second-order valence-corrected chi connectivity index (χ2v) is 5.16. The average Bonchev–Trinajstić information content (AvgIpc) is 2.41. The molecule has 0 aliphatic heterocycles. The molecular weight excluding hydrogens is 236 g/mol. The zero-order chi connectivity index (χ0) is 14.2. The molecule has 0 bridgehead atoms. The second kappa shape index (κ2) is 15.3. The molecule has 112 valence electrons. The minimum atomic E-state index is -0.0933. The van der Waals surface area contributed by atoms with Crippen molar-refractivity contribution in [1.82, 2.24) is 0 Å². The van der Waals surface area contributed by atoms with E-state index in [1.807, 2.05) is 6.08 Å². The van der Waals surface area contributed by atoms with Crippen LogP contribution in [0, 0.1) is 0 Å². The standard InChI is InChI=1S/C17H32O2/c1-3-5-7-8-9-10-11-12-13-14-15-17(18)19-16-6-4-2/h13-14H,3-12,15-16H2,1-2H3/b14-13+. The van der Waals surface area contributed by atoms with E-state index >= 15 is 0 Å². The molecule has 0 saturated heterocycles. The molecule has 0 atom stereocenters. The van der Waals surface area contributed by atoms with Gasteiger partial charge in [-0.15, -0.1) is 0 Å². The van der Waals surface area contributed by atoms with Crippen LogP contribution in [0.1, 0.15) is 84.5 Å². The molecule has 19 heavy (non-hydrogen) atoms. The van der Waals surface area contributed by atoms with Gasteiger partial charge >= 0.3 is 5.97 Å². The Hall–Kier alpha value is -0.790. The quantitative estimate of drug-likeness (QED) is 0.253. The van der Waals surface area contributed by atoms with Crippen molar-refractivity contribution in [3.05, 3.63) is 12.2 Å². The SMILES string of the molecule is CCCCCCCCC/C=C/CC(=O)OCCCC. The van der Waals surface area contributed by atoms with Crippen molar-refractivity contribution in [3.8, 4) is 0 Å². The summed E-state index contributed by atoms with van der Waals surface area (Å²) in [5, 5.41) is 0. The Morgan fingerprint density at radius 3 is 2.16 bits per heavy atom. The van der Waals surface area contributed by atoms with E-state index in [0.29, 0.717) is 13.0 Å². The third-order valence-electron chi connectivity index (χ3n) is 3.19. The molecule has 0 aromatic heterocycles. The van der Waals surface area contributed by atoms with Gasteiger partial charge in [-0.25, -0.2) is 0 Å². The summed E-state index contributed by atoms with van der Waals surface area (Å²) in [6, 6.07) is 0. The number of rotatable bonds is 13. The molecule has 0 fully saturated rings. The Morgan fingerprint density at radius 1 is 0.842 bits per heavy atom. The van der Waals surface area contributed by atoms with E-state index in [1.165, 1.54) is 44.9 Å². The first-order valence-corrected chi connectivity index (χ1v) is 8.11. The molecule has 0 aliphatic carbocycles. The van der Waals surface area contributed by atoms with Crippen molar-refractivity contribution in [3.63, 3.8) is 0 Å². The smallest absolute Gasteiger partial charge is 0.309 e. The van der Waals surface area contributed by atoms with Crippen molar-refractivity contribution < 1.29 is 9.53 Å². The predicted molar refractivity (Wildman–Crippen MR) is 82.2 cm³/mol. The highest BCUT2D eigenvalue weighted by molar-refractivity contribution is 5.71. The molecule has 0 N–H and O–H groups in total. The third kappa shape index (κ3) is 15.2. The number of hydrogen-bond donors (Lipinski definition) is 0. The van der Waals surface area contributed by atoms with Crippen molar-refractivity contribution in [2.45, 2.75) is 84.5 Å². The molecule has 0 saturated carbocycles. The highest BCUT2D eigenvalue weighted by Crippen LogP contribution is 2.08. The maximum atomic E-state index is 11.3. The van der Waals surface area contributed by atoms with E-state index in [1.54, 1.807) is 0 Å². The summed E-state index contributed by atoms with van der Waals surface area (Å²) in [5.74, 6) is -0.0933. The van der Waals surface area contributed by atoms with Crippen molar-refractivity contribution in [1.29, 1.82) is 0 Å². The molecule has 2 nitrogen and oxygen atoms in total. The fourth-order valence-corrected chi connectivity index (χ4v) is 1.91. The molecule has 0 heterocycles. The maximum absolute atomic E-state index is 11.3. The summed E-state index contributed by atoms with van der Waals surface area (Å²) in [7, 11) is 0. The van der Waals surface area contributed by atoms with Gasteiger partial charge in [0.2, 0.25) is 0 Å². The normalized spacial score (nSPS) is 11.1. The first-order valence-electron chi connectivity index (χ1n) is 8.11. The number of carbonyl (C=O) groups excluding carboxylic acids is 1. The maximum Gasteiger partial charge on any atom is 0.309 e.